The van der Waals surface area contributed by atoms with Crippen molar-refractivity contribution in [1.29, 1.82) is 0 Å². The van der Waals surface area contributed by atoms with Gasteiger partial charge in [-0.1, -0.05) is 0 Å². The summed E-state index contributed by atoms with van der Waals surface area (Å²) < 4.78 is 18.3. The normalized spacial score (nSPS) is 14.6. The number of aryl methyl sites for hydroxylation is 1. The van der Waals surface area contributed by atoms with E-state index in [2.05, 4.69) is 9.88 Å². The minimum Gasteiger partial charge on any atom is -0.494 e. The molecule has 0 aliphatic carbocycles. The molecule has 1 aliphatic heterocycles. The van der Waals surface area contributed by atoms with Gasteiger partial charge in [-0.15, -0.1) is 11.3 Å². The van der Waals surface area contributed by atoms with Crippen molar-refractivity contribution in [2.24, 2.45) is 0 Å². The van der Waals surface area contributed by atoms with Gasteiger partial charge in [-0.3, -0.25) is 4.79 Å². The second-order valence-electron chi connectivity index (χ2n) is 6.05. The molecule has 1 aromatic heterocycles. The maximum Gasteiger partial charge on any atom is 0.222 e. The number of nitrogens with zero attached hydrogens (tertiary/aromatic N) is 3. The van der Waals surface area contributed by atoms with Gasteiger partial charge in [-0.25, -0.2) is 9.37 Å². The smallest absolute Gasteiger partial charge is 0.222 e. The molecule has 0 saturated carbocycles. The molecule has 3 rings (SSSR count). The predicted molar refractivity (Wildman–Crippen MR) is 96.8 cm³/mol. The van der Waals surface area contributed by atoms with Crippen LogP contribution >= 0.6 is 11.3 Å². The summed E-state index contributed by atoms with van der Waals surface area (Å²) in [5.74, 6) is 0.508. The van der Waals surface area contributed by atoms with Gasteiger partial charge in [-0.05, 0) is 37.6 Å². The third kappa shape index (κ3) is 4.92. The average molecular weight is 363 g/mol. The number of amides is 1. The number of hydrogen-bond acceptors (Lipinski definition) is 5. The Bertz CT molecular complexity index is 697. The molecule has 25 heavy (non-hydrogen) atoms. The fourth-order valence-electron chi connectivity index (χ4n) is 2.74. The molecule has 5 nitrogen and oxygen atoms in total. The third-order valence-corrected chi connectivity index (χ3v) is 5.15. The fourth-order valence-corrected chi connectivity index (χ4v) is 3.59. The number of halogens is 1. The van der Waals surface area contributed by atoms with Crippen molar-refractivity contribution in [3.8, 4) is 5.75 Å². The Labute approximate surface area is 151 Å². The molecule has 1 fully saturated rings. The number of carbonyl (C=O) groups is 1. The molecule has 0 atom stereocenters. The number of ether oxygens (including phenoxy) is 1. The van der Waals surface area contributed by atoms with E-state index >= 15 is 0 Å². The topological polar surface area (TPSA) is 45.7 Å². The van der Waals surface area contributed by atoms with Crippen LogP contribution in [0.15, 0.2) is 29.6 Å². The van der Waals surface area contributed by atoms with Gasteiger partial charge in [-0.2, -0.15) is 0 Å². The van der Waals surface area contributed by atoms with Gasteiger partial charge < -0.3 is 14.5 Å². The zero-order chi connectivity index (χ0) is 17.6. The van der Waals surface area contributed by atoms with Crippen LogP contribution in [0.1, 0.15) is 18.5 Å². The van der Waals surface area contributed by atoms with E-state index in [4.69, 9.17) is 4.74 Å². The Kier molecular flexibility index (Phi) is 5.86. The van der Waals surface area contributed by atoms with Crippen LogP contribution in [0.5, 0.6) is 5.75 Å². The van der Waals surface area contributed by atoms with Crippen molar-refractivity contribution in [1.82, 2.24) is 9.88 Å². The zero-order valence-electron chi connectivity index (χ0n) is 14.3. The Morgan fingerprint density at radius 2 is 1.96 bits per heavy atom. The van der Waals surface area contributed by atoms with Crippen molar-refractivity contribution < 1.29 is 13.9 Å². The SMILES string of the molecule is Cc1csc(N2CCN(C(=O)CCCOc3ccc(F)cc3)CC2)n1. The first-order chi connectivity index (χ1) is 12.1. The van der Waals surface area contributed by atoms with Crippen molar-refractivity contribution in [2.75, 3.05) is 37.7 Å². The summed E-state index contributed by atoms with van der Waals surface area (Å²) in [6.45, 7) is 5.56. The van der Waals surface area contributed by atoms with E-state index in [0.29, 0.717) is 25.2 Å². The molecule has 0 bridgehead atoms. The molecule has 1 aliphatic rings. The second-order valence-corrected chi connectivity index (χ2v) is 6.88. The Morgan fingerprint density at radius 1 is 1.24 bits per heavy atom. The molecule has 1 aromatic carbocycles. The van der Waals surface area contributed by atoms with Crippen LogP contribution < -0.4 is 9.64 Å². The highest BCUT2D eigenvalue weighted by atomic mass is 32.1. The first-order valence-electron chi connectivity index (χ1n) is 8.45. The highest BCUT2D eigenvalue weighted by Crippen LogP contribution is 2.21. The van der Waals surface area contributed by atoms with Gasteiger partial charge in [0.15, 0.2) is 5.13 Å². The second kappa shape index (κ2) is 8.29. The maximum atomic E-state index is 12.8. The minimum absolute atomic E-state index is 0.165. The summed E-state index contributed by atoms with van der Waals surface area (Å²) in [6.07, 6.45) is 1.12. The lowest BCUT2D eigenvalue weighted by molar-refractivity contribution is -0.131. The Morgan fingerprint density at radius 3 is 2.60 bits per heavy atom. The van der Waals surface area contributed by atoms with Crippen LogP contribution in [0.2, 0.25) is 0 Å². The summed E-state index contributed by atoms with van der Waals surface area (Å²) in [4.78, 5) is 20.9. The van der Waals surface area contributed by atoms with Crippen molar-refractivity contribution in [2.45, 2.75) is 19.8 Å². The molecule has 0 N–H and O–H groups in total. The summed E-state index contributed by atoms with van der Waals surface area (Å²) >= 11 is 1.65. The predicted octanol–water partition coefficient (Wildman–Crippen LogP) is 3.10. The number of rotatable bonds is 6. The van der Waals surface area contributed by atoms with Crippen molar-refractivity contribution >= 4 is 22.4 Å². The summed E-state index contributed by atoms with van der Waals surface area (Å²) in [5.41, 5.74) is 1.04. The van der Waals surface area contributed by atoms with Crippen LogP contribution in [0, 0.1) is 12.7 Å². The lowest BCUT2D eigenvalue weighted by Crippen LogP contribution is -2.48. The lowest BCUT2D eigenvalue weighted by Gasteiger charge is -2.34. The van der Waals surface area contributed by atoms with E-state index in [1.807, 2.05) is 17.2 Å². The van der Waals surface area contributed by atoms with E-state index < -0.39 is 0 Å². The standard InChI is InChI=1S/C18H22FN3O2S/c1-14-13-25-18(20-14)22-10-8-21(9-11-22)17(23)3-2-12-24-16-6-4-15(19)5-7-16/h4-7,13H,2-3,8-12H2,1H3. The number of thiazole rings is 1. The number of anilines is 1. The molecule has 0 unspecified atom stereocenters. The van der Waals surface area contributed by atoms with E-state index in [0.717, 1.165) is 37.0 Å². The van der Waals surface area contributed by atoms with Gasteiger partial charge >= 0.3 is 0 Å². The molecule has 7 heteroatoms. The van der Waals surface area contributed by atoms with Crippen LogP contribution in [0.25, 0.3) is 0 Å². The Hall–Kier alpha value is -2.15. The molecular formula is C18H22FN3O2S. The summed E-state index contributed by atoms with van der Waals surface area (Å²) in [7, 11) is 0. The summed E-state index contributed by atoms with van der Waals surface area (Å²) in [6, 6.07) is 5.92. The highest BCUT2D eigenvalue weighted by molar-refractivity contribution is 7.13. The number of aromatic nitrogens is 1. The zero-order valence-corrected chi connectivity index (χ0v) is 15.1. The molecule has 1 amide bonds. The van der Waals surface area contributed by atoms with Crippen molar-refractivity contribution in [3.63, 3.8) is 0 Å². The molecule has 2 aromatic rings. The van der Waals surface area contributed by atoms with Crippen LogP contribution in [-0.4, -0.2) is 48.6 Å². The highest BCUT2D eigenvalue weighted by Gasteiger charge is 2.22. The molecule has 134 valence electrons. The minimum atomic E-state index is -0.283. The van der Waals surface area contributed by atoms with Crippen LogP contribution in [0.3, 0.4) is 0 Å². The Balaban J connectivity index is 1.36. The molecule has 0 radical (unpaired) electrons. The molecular weight excluding hydrogens is 341 g/mol. The molecule has 0 spiro atoms. The van der Waals surface area contributed by atoms with E-state index in [1.54, 1.807) is 23.5 Å². The monoisotopic (exact) mass is 363 g/mol. The number of carbonyl (C=O) groups excluding carboxylic acids is 1. The largest absolute Gasteiger partial charge is 0.494 e. The van der Waals surface area contributed by atoms with E-state index in [9.17, 15) is 9.18 Å². The van der Waals surface area contributed by atoms with Crippen LogP contribution in [0.4, 0.5) is 9.52 Å². The molecule has 2 heterocycles. The maximum absolute atomic E-state index is 12.8. The third-order valence-electron chi connectivity index (χ3n) is 4.13. The quantitative estimate of drug-likeness (QED) is 0.740. The first kappa shape index (κ1) is 17.7. The summed E-state index contributed by atoms with van der Waals surface area (Å²) in [5, 5.41) is 3.09. The number of benzene rings is 1. The van der Waals surface area contributed by atoms with E-state index in [1.165, 1.54) is 12.1 Å². The average Bonchev–Trinajstić information content (AvgIpc) is 3.06. The first-order valence-corrected chi connectivity index (χ1v) is 9.33. The van der Waals surface area contributed by atoms with Gasteiger partial charge in [0.1, 0.15) is 11.6 Å². The van der Waals surface area contributed by atoms with E-state index in [-0.39, 0.29) is 11.7 Å². The lowest BCUT2D eigenvalue weighted by atomic mass is 10.2. The van der Waals surface area contributed by atoms with Gasteiger partial charge in [0.25, 0.3) is 0 Å². The molecule has 1 saturated heterocycles. The van der Waals surface area contributed by atoms with Gasteiger partial charge in [0.2, 0.25) is 5.91 Å². The van der Waals surface area contributed by atoms with Crippen LogP contribution in [-0.2, 0) is 4.79 Å². The fraction of sp³-hybridized carbons (Fsp3) is 0.444. The van der Waals surface area contributed by atoms with Gasteiger partial charge in [0, 0.05) is 38.0 Å². The van der Waals surface area contributed by atoms with Crippen molar-refractivity contribution in [3.05, 3.63) is 41.2 Å². The number of hydrogen-bond donors (Lipinski definition) is 0. The number of piperazine rings is 1. The van der Waals surface area contributed by atoms with Gasteiger partial charge in [0.05, 0.1) is 12.3 Å².